The summed E-state index contributed by atoms with van der Waals surface area (Å²) >= 11 is 0. The molecule has 0 aliphatic carbocycles. The van der Waals surface area contributed by atoms with Crippen LogP contribution in [0.3, 0.4) is 0 Å². The van der Waals surface area contributed by atoms with Crippen molar-refractivity contribution in [1.29, 1.82) is 0 Å². The smallest absolute Gasteiger partial charge is 0.257 e. The van der Waals surface area contributed by atoms with Gasteiger partial charge in [-0.05, 0) is 55.3 Å². The Kier molecular flexibility index (Phi) is 4.00. The summed E-state index contributed by atoms with van der Waals surface area (Å²) in [6, 6.07) is 9.51. The zero-order valence-electron chi connectivity index (χ0n) is 11.3. The van der Waals surface area contributed by atoms with Crippen LogP contribution in [0.15, 0.2) is 36.4 Å². The van der Waals surface area contributed by atoms with E-state index in [2.05, 4.69) is 10.7 Å². The van der Waals surface area contributed by atoms with E-state index in [0.717, 1.165) is 5.56 Å². The number of carbonyl (C=O) groups excluding carboxylic acids is 1. The van der Waals surface area contributed by atoms with E-state index in [1.807, 2.05) is 13.0 Å². The fourth-order valence-corrected chi connectivity index (χ4v) is 1.93. The molecule has 0 spiro atoms. The molecule has 4 nitrogen and oxygen atoms in total. The van der Waals surface area contributed by atoms with Crippen LogP contribution < -0.4 is 16.6 Å². The minimum absolute atomic E-state index is 0.298. The van der Waals surface area contributed by atoms with Crippen LogP contribution in [0.25, 0.3) is 0 Å². The van der Waals surface area contributed by atoms with Crippen LogP contribution in [-0.4, -0.2) is 5.91 Å². The van der Waals surface area contributed by atoms with Crippen molar-refractivity contribution in [3.8, 4) is 0 Å². The summed E-state index contributed by atoms with van der Waals surface area (Å²) in [4.78, 5) is 12.2. The third-order valence-electron chi connectivity index (χ3n) is 3.01. The van der Waals surface area contributed by atoms with Gasteiger partial charge < -0.3 is 10.7 Å². The number of carbonyl (C=O) groups is 1. The first kappa shape index (κ1) is 14.0. The number of hydrogen-bond acceptors (Lipinski definition) is 3. The summed E-state index contributed by atoms with van der Waals surface area (Å²) in [5, 5.41) is 2.75. The molecule has 0 unspecified atom stereocenters. The predicted octanol–water partition coefficient (Wildman–Crippen LogP) is 2.98. The number of nitrogens with one attached hydrogen (secondary N) is 2. The van der Waals surface area contributed by atoms with E-state index in [-0.39, 0.29) is 11.7 Å². The largest absolute Gasteiger partial charge is 0.323 e. The molecule has 0 saturated carbocycles. The van der Waals surface area contributed by atoms with E-state index >= 15 is 0 Å². The van der Waals surface area contributed by atoms with Gasteiger partial charge in [0.15, 0.2) is 0 Å². The first-order valence-electron chi connectivity index (χ1n) is 6.16. The van der Waals surface area contributed by atoms with Crippen molar-refractivity contribution in [3.63, 3.8) is 0 Å². The van der Waals surface area contributed by atoms with Crippen LogP contribution in [0.4, 0.5) is 15.8 Å². The lowest BCUT2D eigenvalue weighted by Crippen LogP contribution is -2.17. The molecule has 0 aliphatic heterocycles. The molecule has 1 amide bonds. The van der Waals surface area contributed by atoms with Gasteiger partial charge in [-0.1, -0.05) is 6.07 Å². The van der Waals surface area contributed by atoms with Crippen LogP contribution in [0.5, 0.6) is 0 Å². The highest BCUT2D eigenvalue weighted by atomic mass is 19.1. The highest BCUT2D eigenvalue weighted by Crippen LogP contribution is 2.20. The fraction of sp³-hybridized carbons (Fsp3) is 0.133. The molecule has 0 saturated heterocycles. The van der Waals surface area contributed by atoms with Gasteiger partial charge in [-0.25, -0.2) is 4.39 Å². The number of nitrogen functional groups attached to an aromatic ring is 1. The zero-order valence-corrected chi connectivity index (χ0v) is 11.3. The highest BCUT2D eigenvalue weighted by Gasteiger charge is 2.12. The SMILES string of the molecule is Cc1ccc(C(=O)Nc2ccc(F)cc2C)c(NN)c1. The second-order valence-corrected chi connectivity index (χ2v) is 4.61. The number of rotatable bonds is 3. The normalized spacial score (nSPS) is 10.2. The Morgan fingerprint density at radius 3 is 2.50 bits per heavy atom. The van der Waals surface area contributed by atoms with Crippen LogP contribution in [-0.2, 0) is 0 Å². The zero-order chi connectivity index (χ0) is 14.7. The van der Waals surface area contributed by atoms with E-state index in [0.29, 0.717) is 22.5 Å². The number of hydrazine groups is 1. The average Bonchev–Trinajstić information content (AvgIpc) is 2.41. The number of amides is 1. The number of nitrogens with two attached hydrogens (primary N) is 1. The van der Waals surface area contributed by atoms with Gasteiger partial charge in [-0.15, -0.1) is 0 Å². The molecule has 0 aliphatic rings. The van der Waals surface area contributed by atoms with Gasteiger partial charge in [-0.3, -0.25) is 10.6 Å². The Morgan fingerprint density at radius 2 is 1.85 bits per heavy atom. The molecule has 0 radical (unpaired) electrons. The van der Waals surface area contributed by atoms with Crippen LogP contribution in [0.1, 0.15) is 21.5 Å². The maximum absolute atomic E-state index is 13.0. The molecule has 5 heteroatoms. The minimum Gasteiger partial charge on any atom is -0.323 e. The molecule has 0 atom stereocenters. The quantitative estimate of drug-likeness (QED) is 0.595. The van der Waals surface area contributed by atoms with E-state index in [1.165, 1.54) is 18.2 Å². The van der Waals surface area contributed by atoms with Gasteiger partial charge in [0.05, 0.1) is 11.3 Å². The second kappa shape index (κ2) is 5.71. The predicted molar refractivity (Wildman–Crippen MR) is 78.1 cm³/mol. The molecule has 0 fully saturated rings. The third kappa shape index (κ3) is 2.95. The first-order chi connectivity index (χ1) is 9.51. The summed E-state index contributed by atoms with van der Waals surface area (Å²) in [6.07, 6.45) is 0. The van der Waals surface area contributed by atoms with E-state index in [1.54, 1.807) is 19.1 Å². The van der Waals surface area contributed by atoms with Gasteiger partial charge in [0.1, 0.15) is 5.82 Å². The van der Waals surface area contributed by atoms with E-state index in [4.69, 9.17) is 5.84 Å². The number of halogens is 1. The maximum atomic E-state index is 13.0. The van der Waals surface area contributed by atoms with Crippen LogP contribution in [0.2, 0.25) is 0 Å². The van der Waals surface area contributed by atoms with Crippen molar-refractivity contribution >= 4 is 17.3 Å². The van der Waals surface area contributed by atoms with Crippen molar-refractivity contribution in [2.45, 2.75) is 13.8 Å². The topological polar surface area (TPSA) is 67.2 Å². The van der Waals surface area contributed by atoms with E-state index < -0.39 is 0 Å². The van der Waals surface area contributed by atoms with Crippen LogP contribution in [0, 0.1) is 19.7 Å². The van der Waals surface area contributed by atoms with Crippen molar-refractivity contribution in [1.82, 2.24) is 0 Å². The minimum atomic E-state index is -0.333. The van der Waals surface area contributed by atoms with Gasteiger partial charge >= 0.3 is 0 Å². The molecule has 0 heterocycles. The Balaban J connectivity index is 2.28. The molecule has 2 aromatic carbocycles. The van der Waals surface area contributed by atoms with E-state index in [9.17, 15) is 9.18 Å². The first-order valence-corrected chi connectivity index (χ1v) is 6.16. The summed E-state index contributed by atoms with van der Waals surface area (Å²) < 4.78 is 13.0. The molecule has 104 valence electrons. The third-order valence-corrected chi connectivity index (χ3v) is 3.01. The Bertz CT molecular complexity index is 656. The average molecular weight is 273 g/mol. The fourth-order valence-electron chi connectivity index (χ4n) is 1.93. The molecule has 4 N–H and O–H groups in total. The molecule has 2 rings (SSSR count). The summed E-state index contributed by atoms with van der Waals surface area (Å²) in [5.41, 5.74) is 5.70. The van der Waals surface area contributed by atoms with Crippen molar-refractivity contribution in [3.05, 3.63) is 58.9 Å². The number of aryl methyl sites for hydroxylation is 2. The second-order valence-electron chi connectivity index (χ2n) is 4.61. The molecule has 2 aromatic rings. The maximum Gasteiger partial charge on any atom is 0.257 e. The number of anilines is 2. The Labute approximate surface area is 116 Å². The Hall–Kier alpha value is -2.40. The van der Waals surface area contributed by atoms with Crippen molar-refractivity contribution in [2.75, 3.05) is 10.7 Å². The molecular formula is C15H16FN3O. The standard InChI is InChI=1S/C15H16FN3O/c1-9-3-5-12(14(7-9)19-17)15(20)18-13-6-4-11(16)8-10(13)2/h3-8,19H,17H2,1-2H3,(H,18,20). The van der Waals surface area contributed by atoms with Gasteiger partial charge in [0, 0.05) is 5.69 Å². The lowest BCUT2D eigenvalue weighted by Gasteiger charge is -2.12. The molecule has 0 aromatic heterocycles. The number of benzene rings is 2. The molecule has 0 bridgehead atoms. The highest BCUT2D eigenvalue weighted by molar-refractivity contribution is 6.08. The molecular weight excluding hydrogens is 257 g/mol. The lowest BCUT2D eigenvalue weighted by molar-refractivity contribution is 0.102. The summed E-state index contributed by atoms with van der Waals surface area (Å²) in [5.74, 6) is 4.79. The van der Waals surface area contributed by atoms with Crippen LogP contribution >= 0.6 is 0 Å². The summed E-state index contributed by atoms with van der Waals surface area (Å²) in [7, 11) is 0. The number of hydrogen-bond donors (Lipinski definition) is 3. The lowest BCUT2D eigenvalue weighted by atomic mass is 10.1. The Morgan fingerprint density at radius 1 is 1.10 bits per heavy atom. The monoisotopic (exact) mass is 273 g/mol. The van der Waals surface area contributed by atoms with Crippen molar-refractivity contribution < 1.29 is 9.18 Å². The van der Waals surface area contributed by atoms with Gasteiger partial charge in [0.2, 0.25) is 0 Å². The van der Waals surface area contributed by atoms with Gasteiger partial charge in [-0.2, -0.15) is 0 Å². The van der Waals surface area contributed by atoms with Gasteiger partial charge in [0.25, 0.3) is 5.91 Å². The van der Waals surface area contributed by atoms with Crippen molar-refractivity contribution in [2.24, 2.45) is 5.84 Å². The summed E-state index contributed by atoms with van der Waals surface area (Å²) in [6.45, 7) is 3.64. The molecule has 20 heavy (non-hydrogen) atoms.